The Kier molecular flexibility index (Phi) is 9.61. The lowest BCUT2D eigenvalue weighted by molar-refractivity contribution is -0.131. The monoisotopic (exact) mass is 481 g/mol. The van der Waals surface area contributed by atoms with Crippen molar-refractivity contribution in [2.75, 3.05) is 40.9 Å². The van der Waals surface area contributed by atoms with Crippen molar-refractivity contribution in [2.24, 2.45) is 0 Å². The molecule has 0 radical (unpaired) electrons. The first kappa shape index (κ1) is 25.3. The summed E-state index contributed by atoms with van der Waals surface area (Å²) >= 11 is 11.8. The van der Waals surface area contributed by atoms with Gasteiger partial charge in [-0.15, -0.1) is 0 Å². The van der Waals surface area contributed by atoms with Crippen LogP contribution < -0.4 is 20.1 Å². The zero-order chi connectivity index (χ0) is 23.7. The predicted octanol–water partition coefficient (Wildman–Crippen LogP) is 2.56. The number of methoxy groups -OCH3 is 2. The SMILES string of the molecule is COc1ccc(CCN(C)C(=O)CNC(=O)CNC(=O)c2ccc(Cl)cc2Cl)cc1OC. The molecule has 10 heteroatoms. The maximum Gasteiger partial charge on any atom is 0.253 e. The van der Waals surface area contributed by atoms with Gasteiger partial charge in [-0.25, -0.2) is 0 Å². The van der Waals surface area contributed by atoms with Crippen LogP contribution in [0.2, 0.25) is 10.0 Å². The average molecular weight is 482 g/mol. The van der Waals surface area contributed by atoms with Crippen molar-refractivity contribution >= 4 is 40.9 Å². The number of hydrogen-bond acceptors (Lipinski definition) is 5. The number of rotatable bonds is 10. The van der Waals surface area contributed by atoms with E-state index in [0.717, 1.165) is 5.56 Å². The molecule has 0 bridgehead atoms. The molecule has 3 amide bonds. The highest BCUT2D eigenvalue weighted by Gasteiger charge is 2.14. The van der Waals surface area contributed by atoms with Gasteiger partial charge in [0.05, 0.1) is 37.9 Å². The van der Waals surface area contributed by atoms with Gasteiger partial charge in [0.15, 0.2) is 11.5 Å². The quantitative estimate of drug-likeness (QED) is 0.543. The summed E-state index contributed by atoms with van der Waals surface area (Å²) in [6.07, 6.45) is 0.606. The Morgan fingerprint density at radius 1 is 0.938 bits per heavy atom. The summed E-state index contributed by atoms with van der Waals surface area (Å²) in [5, 5.41) is 5.53. The molecular weight excluding hydrogens is 457 g/mol. The molecule has 0 saturated heterocycles. The van der Waals surface area contributed by atoms with Gasteiger partial charge in [-0.1, -0.05) is 29.3 Å². The van der Waals surface area contributed by atoms with Gasteiger partial charge in [0.2, 0.25) is 11.8 Å². The van der Waals surface area contributed by atoms with Crippen molar-refractivity contribution in [1.82, 2.24) is 15.5 Å². The molecule has 0 heterocycles. The number of halogens is 2. The van der Waals surface area contributed by atoms with Crippen LogP contribution in [0.5, 0.6) is 11.5 Å². The van der Waals surface area contributed by atoms with Gasteiger partial charge in [-0.05, 0) is 42.3 Å². The highest BCUT2D eigenvalue weighted by Crippen LogP contribution is 2.27. The second kappa shape index (κ2) is 12.2. The summed E-state index contributed by atoms with van der Waals surface area (Å²) in [4.78, 5) is 37.9. The lowest BCUT2D eigenvalue weighted by Gasteiger charge is -2.18. The van der Waals surface area contributed by atoms with Crippen LogP contribution >= 0.6 is 23.2 Å². The molecule has 2 N–H and O–H groups in total. The summed E-state index contributed by atoms with van der Waals surface area (Å²) in [7, 11) is 4.78. The molecule has 0 unspecified atom stereocenters. The number of carbonyl (C=O) groups excluding carboxylic acids is 3. The largest absolute Gasteiger partial charge is 0.493 e. The summed E-state index contributed by atoms with van der Waals surface area (Å²) in [6, 6.07) is 10.00. The predicted molar refractivity (Wildman–Crippen MR) is 123 cm³/mol. The van der Waals surface area contributed by atoms with E-state index in [9.17, 15) is 14.4 Å². The van der Waals surface area contributed by atoms with Crippen molar-refractivity contribution in [3.8, 4) is 11.5 Å². The third-order valence-corrected chi connectivity index (χ3v) is 5.18. The van der Waals surface area contributed by atoms with Crippen LogP contribution in [0.1, 0.15) is 15.9 Å². The number of likely N-dealkylation sites (N-methyl/N-ethyl adjacent to an activating group) is 1. The fraction of sp³-hybridized carbons (Fsp3) is 0.318. The Morgan fingerprint density at radius 2 is 1.66 bits per heavy atom. The smallest absolute Gasteiger partial charge is 0.253 e. The van der Waals surface area contributed by atoms with E-state index in [4.69, 9.17) is 32.7 Å². The van der Waals surface area contributed by atoms with Crippen molar-refractivity contribution in [3.05, 3.63) is 57.6 Å². The first-order valence-electron chi connectivity index (χ1n) is 9.70. The highest BCUT2D eigenvalue weighted by molar-refractivity contribution is 6.36. The van der Waals surface area contributed by atoms with Crippen molar-refractivity contribution < 1.29 is 23.9 Å². The minimum atomic E-state index is -0.514. The van der Waals surface area contributed by atoms with Crippen LogP contribution in [0, 0.1) is 0 Å². The third kappa shape index (κ3) is 7.32. The number of amides is 3. The molecule has 0 spiro atoms. The maximum atomic E-state index is 12.3. The van der Waals surface area contributed by atoms with Gasteiger partial charge in [0.1, 0.15) is 0 Å². The first-order valence-corrected chi connectivity index (χ1v) is 10.5. The zero-order valence-corrected chi connectivity index (χ0v) is 19.5. The minimum Gasteiger partial charge on any atom is -0.493 e. The molecule has 0 aromatic heterocycles. The topological polar surface area (TPSA) is 97.0 Å². The third-order valence-electron chi connectivity index (χ3n) is 4.63. The minimum absolute atomic E-state index is 0.182. The van der Waals surface area contributed by atoms with Crippen LogP contribution in [0.15, 0.2) is 36.4 Å². The Bertz CT molecular complexity index is 984. The lowest BCUT2D eigenvalue weighted by atomic mass is 10.1. The molecule has 172 valence electrons. The summed E-state index contributed by atoms with van der Waals surface area (Å²) in [5.74, 6) is -0.0156. The Morgan fingerprint density at radius 3 is 2.31 bits per heavy atom. The van der Waals surface area contributed by atoms with Gasteiger partial charge < -0.3 is 25.0 Å². The molecule has 2 rings (SSSR count). The van der Waals surface area contributed by atoms with Gasteiger partial charge in [-0.2, -0.15) is 0 Å². The van der Waals surface area contributed by atoms with E-state index in [1.165, 1.54) is 23.1 Å². The summed E-state index contributed by atoms with van der Waals surface area (Å²) in [6.45, 7) is -0.0186. The second-order valence-electron chi connectivity index (χ2n) is 6.84. The molecule has 8 nitrogen and oxygen atoms in total. The molecule has 0 aliphatic carbocycles. The molecule has 2 aromatic carbocycles. The fourth-order valence-corrected chi connectivity index (χ4v) is 3.25. The molecule has 0 fully saturated rings. The first-order chi connectivity index (χ1) is 15.2. The Hall–Kier alpha value is -2.97. The lowest BCUT2D eigenvalue weighted by Crippen LogP contribution is -2.43. The van der Waals surface area contributed by atoms with Gasteiger partial charge in [-0.3, -0.25) is 14.4 Å². The second-order valence-corrected chi connectivity index (χ2v) is 7.68. The van der Waals surface area contributed by atoms with Crippen LogP contribution in [-0.2, 0) is 16.0 Å². The highest BCUT2D eigenvalue weighted by atomic mass is 35.5. The number of benzene rings is 2. The van der Waals surface area contributed by atoms with Crippen LogP contribution in [-0.4, -0.2) is 63.5 Å². The molecule has 0 saturated carbocycles. The fourth-order valence-electron chi connectivity index (χ4n) is 2.76. The van der Waals surface area contributed by atoms with Crippen LogP contribution in [0.3, 0.4) is 0 Å². The Labute approximate surface area is 196 Å². The van der Waals surface area contributed by atoms with Gasteiger partial charge in [0.25, 0.3) is 5.91 Å². The molecule has 2 aromatic rings. The van der Waals surface area contributed by atoms with Gasteiger partial charge in [0, 0.05) is 18.6 Å². The standard InChI is InChI=1S/C22H25Cl2N3O5/c1-27(9-8-14-4-7-18(31-2)19(10-14)32-3)21(29)13-25-20(28)12-26-22(30)16-6-5-15(23)11-17(16)24/h4-7,10-11H,8-9,12-13H2,1-3H3,(H,25,28)(H,26,30). The van der Waals surface area contributed by atoms with Crippen molar-refractivity contribution in [1.29, 1.82) is 0 Å². The molecule has 32 heavy (non-hydrogen) atoms. The Balaban J connectivity index is 1.75. The summed E-state index contributed by atoms with van der Waals surface area (Å²) < 4.78 is 10.5. The summed E-state index contributed by atoms with van der Waals surface area (Å²) in [5.41, 5.74) is 1.18. The number of carbonyl (C=O) groups is 3. The van der Waals surface area contributed by atoms with Gasteiger partial charge >= 0.3 is 0 Å². The number of nitrogens with zero attached hydrogens (tertiary/aromatic N) is 1. The molecule has 0 aliphatic heterocycles. The van der Waals surface area contributed by atoms with E-state index in [1.54, 1.807) is 21.3 Å². The van der Waals surface area contributed by atoms with E-state index in [2.05, 4.69) is 10.6 Å². The number of nitrogens with one attached hydrogen (secondary N) is 2. The maximum absolute atomic E-state index is 12.3. The molecule has 0 aliphatic rings. The molecular formula is C22H25Cl2N3O5. The van der Waals surface area contributed by atoms with Crippen molar-refractivity contribution in [2.45, 2.75) is 6.42 Å². The zero-order valence-electron chi connectivity index (χ0n) is 18.0. The van der Waals surface area contributed by atoms with Crippen molar-refractivity contribution in [3.63, 3.8) is 0 Å². The van der Waals surface area contributed by atoms with E-state index in [1.807, 2.05) is 18.2 Å². The van der Waals surface area contributed by atoms with E-state index in [0.29, 0.717) is 29.5 Å². The van der Waals surface area contributed by atoms with E-state index in [-0.39, 0.29) is 29.6 Å². The normalized spacial score (nSPS) is 10.3. The van der Waals surface area contributed by atoms with Crippen LogP contribution in [0.4, 0.5) is 0 Å². The number of ether oxygens (including phenoxy) is 2. The van der Waals surface area contributed by atoms with E-state index >= 15 is 0 Å². The average Bonchev–Trinajstić information content (AvgIpc) is 2.78. The number of hydrogen-bond donors (Lipinski definition) is 2. The van der Waals surface area contributed by atoms with Crippen LogP contribution in [0.25, 0.3) is 0 Å². The molecule has 0 atom stereocenters. The van der Waals surface area contributed by atoms with E-state index < -0.39 is 11.8 Å².